The number of aromatic nitrogens is 5. The molecule has 0 bridgehead atoms. The number of carbonyl (C=O) groups excluding carboxylic acids is 3. The Bertz CT molecular complexity index is 3330. The van der Waals surface area contributed by atoms with Gasteiger partial charge in [-0.05, 0) is 92.2 Å². The molecule has 4 aromatic carbocycles. The lowest BCUT2D eigenvalue weighted by Crippen LogP contribution is -2.55. The monoisotopic (exact) mass is 1120 g/mol. The number of aryl methyl sites for hydroxylation is 1. The number of ether oxygens (including phenoxy) is 1. The molecule has 3 N–H and O–H groups in total. The maximum absolute atomic E-state index is 13.9. The Morgan fingerprint density at radius 2 is 1.65 bits per heavy atom. The number of nitrogens with zero attached hydrogens (tertiary/aromatic N) is 12. The Morgan fingerprint density at radius 3 is 2.38 bits per heavy atom. The molecule has 4 aliphatic heterocycles. The van der Waals surface area contributed by atoms with Crippen molar-refractivity contribution in [2.45, 2.75) is 57.9 Å². The average Bonchev–Trinajstić information content (AvgIpc) is 4.07. The number of phenolic OH excluding ortho intramolecular Hbond substituents is 2. The lowest BCUT2D eigenvalue weighted by atomic mass is 9.94. The largest absolute Gasteiger partial charge is 0.508 e. The Kier molecular flexibility index (Phi) is 16.4. The molecule has 0 saturated carbocycles. The number of benzene rings is 4. The van der Waals surface area contributed by atoms with Gasteiger partial charge in [-0.2, -0.15) is 28.4 Å². The van der Waals surface area contributed by atoms with Crippen LogP contribution in [0, 0.1) is 24.2 Å². The first-order chi connectivity index (χ1) is 38.5. The van der Waals surface area contributed by atoms with Crippen LogP contribution >= 0.6 is 11.6 Å². The third-order valence-electron chi connectivity index (χ3n) is 15.5. The van der Waals surface area contributed by atoms with Crippen molar-refractivity contribution >= 4 is 51.6 Å². The topological polar surface area (TPSA) is 213 Å². The molecule has 3 fully saturated rings. The number of nitrogens with one attached hydrogen (secondary N) is 1. The molecule has 6 aromatic rings. The van der Waals surface area contributed by atoms with Crippen molar-refractivity contribution in [1.82, 2.24) is 49.6 Å². The molecule has 80 heavy (non-hydrogen) atoms. The number of hydrogen-bond donors (Lipinski definition) is 3. The minimum atomic E-state index is -4.66. The number of rotatable bonds is 15. The van der Waals surface area contributed by atoms with E-state index in [-0.39, 0.29) is 59.1 Å². The number of phenols is 2. The van der Waals surface area contributed by atoms with Crippen LogP contribution in [0.25, 0.3) is 27.8 Å². The van der Waals surface area contributed by atoms with E-state index in [4.69, 9.17) is 26.3 Å². The molecule has 418 valence electrons. The van der Waals surface area contributed by atoms with Gasteiger partial charge in [0, 0.05) is 99.8 Å². The maximum Gasteiger partial charge on any atom is 0.405 e. The number of piperazine rings is 2. The molecular weight excluding hydrogens is 1060 g/mol. The number of nitriles is 1. The van der Waals surface area contributed by atoms with Crippen molar-refractivity contribution in [2.24, 2.45) is 5.92 Å². The number of anilines is 2. The summed E-state index contributed by atoms with van der Waals surface area (Å²) < 4.78 is 46.8. The lowest BCUT2D eigenvalue weighted by molar-refractivity contribution is -0.139. The summed E-state index contributed by atoms with van der Waals surface area (Å²) in [4.78, 5) is 62.4. The van der Waals surface area contributed by atoms with E-state index in [0.717, 1.165) is 45.2 Å². The molecule has 0 aliphatic carbocycles. The summed E-state index contributed by atoms with van der Waals surface area (Å²) in [7, 11) is 0. The predicted molar refractivity (Wildman–Crippen MR) is 294 cm³/mol. The van der Waals surface area contributed by atoms with Crippen molar-refractivity contribution < 1.29 is 42.5 Å². The van der Waals surface area contributed by atoms with Crippen LogP contribution in [-0.4, -0.2) is 170 Å². The summed E-state index contributed by atoms with van der Waals surface area (Å²) >= 11 is 6.79. The molecule has 2 aromatic heterocycles. The fraction of sp³-hybridized carbons (Fsp3) is 0.404. The summed E-state index contributed by atoms with van der Waals surface area (Å²) in [5, 5.41) is 43.1. The highest BCUT2D eigenvalue weighted by Gasteiger charge is 2.36. The molecule has 19 nitrogen and oxygen atoms in total. The second kappa shape index (κ2) is 23.8. The molecule has 3 amide bonds. The average molecular weight is 1120 g/mol. The van der Waals surface area contributed by atoms with Gasteiger partial charge in [0.15, 0.2) is 5.82 Å². The molecule has 0 radical (unpaired) electrons. The first-order valence-electron chi connectivity index (χ1n) is 26.7. The van der Waals surface area contributed by atoms with Crippen LogP contribution in [0.5, 0.6) is 17.5 Å². The van der Waals surface area contributed by atoms with Gasteiger partial charge in [0.25, 0.3) is 5.91 Å². The third-order valence-corrected chi connectivity index (χ3v) is 15.8. The number of carbonyl (C=O) groups is 3. The van der Waals surface area contributed by atoms with E-state index in [1.807, 2.05) is 40.5 Å². The third kappa shape index (κ3) is 12.1. The smallest absolute Gasteiger partial charge is 0.405 e. The SMILES string of the molecule is C=CC(=O)N1CCN(c2nc(OCCN3CCN(C(=O)C4CCN(Cc5ccc(-n6c(C(=O)NCC(F)(F)F)nnc6-c6cc(C)c(O)cc6O)cc5)CC4)CC3)nc3c2CCN(c2cccc4cccc(Cl)c24)C3)C[C@@H]1CC#N. The van der Waals surface area contributed by atoms with E-state index >= 15 is 0 Å². The van der Waals surface area contributed by atoms with Crippen LogP contribution < -0.4 is 19.9 Å². The highest BCUT2D eigenvalue weighted by atomic mass is 35.5. The molecule has 0 spiro atoms. The van der Waals surface area contributed by atoms with Gasteiger partial charge >= 0.3 is 12.2 Å². The molecule has 3 saturated heterocycles. The number of likely N-dealkylation sites (tertiary alicyclic amines) is 1. The van der Waals surface area contributed by atoms with Crippen LogP contribution in [0.2, 0.25) is 5.02 Å². The first kappa shape index (κ1) is 55.3. The van der Waals surface area contributed by atoms with E-state index in [9.17, 15) is 43.0 Å². The van der Waals surface area contributed by atoms with Gasteiger partial charge in [0.1, 0.15) is 30.5 Å². The summed E-state index contributed by atoms with van der Waals surface area (Å²) in [6.07, 6.45) is -1.15. The van der Waals surface area contributed by atoms with Crippen LogP contribution in [0.1, 0.15) is 52.3 Å². The van der Waals surface area contributed by atoms with Crippen LogP contribution in [0.4, 0.5) is 24.7 Å². The number of hydrogen-bond acceptors (Lipinski definition) is 15. The van der Waals surface area contributed by atoms with E-state index in [1.54, 1.807) is 24.0 Å². The van der Waals surface area contributed by atoms with Gasteiger partial charge in [-0.25, -0.2) is 0 Å². The minimum absolute atomic E-state index is 0.0130. The van der Waals surface area contributed by atoms with Crippen LogP contribution in [0.3, 0.4) is 0 Å². The van der Waals surface area contributed by atoms with Gasteiger partial charge < -0.3 is 39.9 Å². The van der Waals surface area contributed by atoms with Crippen LogP contribution in [-0.2, 0) is 29.1 Å². The van der Waals surface area contributed by atoms with Crippen molar-refractivity contribution in [2.75, 3.05) is 94.9 Å². The molecule has 1 atom stereocenters. The van der Waals surface area contributed by atoms with Crippen molar-refractivity contribution in [1.29, 1.82) is 5.26 Å². The van der Waals surface area contributed by atoms with Gasteiger partial charge in [0.05, 0.1) is 41.4 Å². The molecule has 6 heterocycles. The Labute approximate surface area is 465 Å². The first-order valence-corrected chi connectivity index (χ1v) is 27.1. The second-order valence-corrected chi connectivity index (χ2v) is 21.0. The number of aromatic hydroxyl groups is 2. The number of alkyl halides is 3. The van der Waals surface area contributed by atoms with E-state index in [0.29, 0.717) is 127 Å². The molecule has 23 heteroatoms. The second-order valence-electron chi connectivity index (χ2n) is 20.6. The zero-order chi connectivity index (χ0) is 56.2. The van der Waals surface area contributed by atoms with Gasteiger partial charge in [-0.1, -0.05) is 54.6 Å². The van der Waals surface area contributed by atoms with Crippen LogP contribution in [0.15, 0.2) is 85.5 Å². The highest BCUT2D eigenvalue weighted by molar-refractivity contribution is 6.36. The fourth-order valence-electron chi connectivity index (χ4n) is 11.2. The van der Waals surface area contributed by atoms with Crippen molar-refractivity contribution in [3.8, 4) is 40.7 Å². The maximum atomic E-state index is 13.9. The lowest BCUT2D eigenvalue weighted by Gasteiger charge is -2.42. The molecule has 0 unspecified atom stereocenters. The van der Waals surface area contributed by atoms with Crippen molar-refractivity contribution in [3.05, 3.63) is 119 Å². The van der Waals surface area contributed by atoms with E-state index in [1.165, 1.54) is 16.7 Å². The Morgan fingerprint density at radius 1 is 0.900 bits per heavy atom. The normalized spacial score (nSPS) is 17.5. The minimum Gasteiger partial charge on any atom is -0.508 e. The summed E-state index contributed by atoms with van der Waals surface area (Å²) in [6, 6.07) is 23.9. The zero-order valence-corrected chi connectivity index (χ0v) is 45.0. The summed E-state index contributed by atoms with van der Waals surface area (Å²) in [5.41, 5.74) is 4.67. The Balaban J connectivity index is 0.740. The van der Waals surface area contributed by atoms with E-state index < -0.39 is 24.5 Å². The van der Waals surface area contributed by atoms with Gasteiger partial charge in [-0.15, -0.1) is 10.2 Å². The predicted octanol–water partition coefficient (Wildman–Crippen LogP) is 6.66. The highest BCUT2D eigenvalue weighted by Crippen LogP contribution is 2.39. The zero-order valence-electron chi connectivity index (χ0n) is 44.2. The number of amides is 3. The summed E-state index contributed by atoms with van der Waals surface area (Å²) in [6.45, 7) is 11.7. The number of halogens is 4. The summed E-state index contributed by atoms with van der Waals surface area (Å²) in [5.74, 6) is -1.50. The molecule has 10 rings (SSSR count). The van der Waals surface area contributed by atoms with Gasteiger partial charge in [0.2, 0.25) is 17.6 Å². The standard InChI is InChI=1S/C57H61ClF3N13O6/c1-3-49(77)73-27-26-72(33-41(73)14-18-62)51-42-17-21-71(46-9-5-7-38-6-4-8-44(58)50(38)46)34-45(42)64-56(65-51)80-29-28-68-22-24-70(25-23-68)55(79)39-15-19-69(20-16-39)32-37-10-12-40(13-11-37)74-52(43-30-36(2)47(75)31-48(43)76)66-67-53(74)54(78)63-35-57(59,60)61/h3-13,30-31,39,41,75-76H,1,14-17,19-29,32-35H2,2H3,(H,63,78)/t41-/m0/s1. The molecule has 4 aliphatic rings. The quantitative estimate of drug-likeness (QED) is 0.0918. The van der Waals surface area contributed by atoms with Gasteiger partial charge in [-0.3, -0.25) is 28.8 Å². The van der Waals surface area contributed by atoms with E-state index in [2.05, 4.69) is 60.6 Å². The Hall–Kier alpha value is -8.00. The molecular formula is C57H61ClF3N13O6. The number of fused-ring (bicyclic) bond motifs is 2. The number of piperidine rings is 1. The fourth-order valence-corrected chi connectivity index (χ4v) is 11.5. The van der Waals surface area contributed by atoms with Crippen molar-refractivity contribution in [3.63, 3.8) is 0 Å².